The maximum atomic E-state index is 4.92. The SMILES string of the molecule is CCc1cc(N2CCC(NCc3nc[nH]c3C)CC2)nc(N2CCCC2)n1. The number of hydrogen-bond donors (Lipinski definition) is 2. The molecule has 2 aliphatic rings. The highest BCUT2D eigenvalue weighted by Gasteiger charge is 2.23. The molecule has 7 heteroatoms. The molecule has 2 fully saturated rings. The van der Waals surface area contributed by atoms with Gasteiger partial charge in [0.25, 0.3) is 0 Å². The van der Waals surface area contributed by atoms with E-state index in [1.807, 2.05) is 0 Å². The quantitative estimate of drug-likeness (QED) is 0.815. The van der Waals surface area contributed by atoms with Crippen LogP contribution in [0.15, 0.2) is 12.4 Å². The Morgan fingerprint density at radius 2 is 1.89 bits per heavy atom. The number of aromatic nitrogens is 4. The Morgan fingerprint density at radius 1 is 1.11 bits per heavy atom. The third-order valence-electron chi connectivity index (χ3n) is 5.82. The number of piperidine rings is 1. The van der Waals surface area contributed by atoms with Crippen LogP contribution in [0.3, 0.4) is 0 Å². The van der Waals surface area contributed by atoms with E-state index in [0.717, 1.165) is 80.8 Å². The Kier molecular flexibility index (Phi) is 5.57. The normalized spacial score (nSPS) is 18.4. The summed E-state index contributed by atoms with van der Waals surface area (Å²) in [7, 11) is 0. The van der Waals surface area contributed by atoms with Crippen LogP contribution in [0.1, 0.15) is 49.7 Å². The predicted molar refractivity (Wildman–Crippen MR) is 108 cm³/mol. The summed E-state index contributed by atoms with van der Waals surface area (Å²) in [6.07, 6.45) is 7.50. The van der Waals surface area contributed by atoms with E-state index in [-0.39, 0.29) is 0 Å². The van der Waals surface area contributed by atoms with E-state index in [2.05, 4.69) is 45.0 Å². The molecule has 27 heavy (non-hydrogen) atoms. The van der Waals surface area contributed by atoms with Crippen LogP contribution in [-0.4, -0.2) is 52.2 Å². The number of nitrogens with zero attached hydrogens (tertiary/aromatic N) is 5. The maximum absolute atomic E-state index is 4.92. The molecule has 0 amide bonds. The van der Waals surface area contributed by atoms with Gasteiger partial charge in [0.15, 0.2) is 0 Å². The van der Waals surface area contributed by atoms with Crippen molar-refractivity contribution in [2.75, 3.05) is 36.0 Å². The molecule has 0 aromatic carbocycles. The Morgan fingerprint density at radius 3 is 2.56 bits per heavy atom. The van der Waals surface area contributed by atoms with Gasteiger partial charge in [0.2, 0.25) is 5.95 Å². The third kappa shape index (κ3) is 4.24. The zero-order valence-corrected chi connectivity index (χ0v) is 16.5. The summed E-state index contributed by atoms with van der Waals surface area (Å²) in [5.74, 6) is 2.03. The van der Waals surface area contributed by atoms with Gasteiger partial charge >= 0.3 is 0 Å². The number of anilines is 2. The fraction of sp³-hybridized carbons (Fsp3) is 0.650. The molecule has 2 aromatic heterocycles. The fourth-order valence-corrected chi connectivity index (χ4v) is 3.99. The molecule has 0 atom stereocenters. The lowest BCUT2D eigenvalue weighted by Crippen LogP contribution is -2.42. The lowest BCUT2D eigenvalue weighted by atomic mass is 10.0. The van der Waals surface area contributed by atoms with Crippen molar-refractivity contribution in [2.45, 2.75) is 58.5 Å². The van der Waals surface area contributed by atoms with Crippen molar-refractivity contribution in [1.82, 2.24) is 25.3 Å². The summed E-state index contributed by atoms with van der Waals surface area (Å²) < 4.78 is 0. The fourth-order valence-electron chi connectivity index (χ4n) is 3.99. The maximum Gasteiger partial charge on any atom is 0.227 e. The molecule has 4 heterocycles. The van der Waals surface area contributed by atoms with Gasteiger partial charge in [0, 0.05) is 56.2 Å². The summed E-state index contributed by atoms with van der Waals surface area (Å²) in [4.78, 5) is 22.0. The number of aromatic amines is 1. The van der Waals surface area contributed by atoms with Gasteiger partial charge < -0.3 is 20.1 Å². The zero-order chi connectivity index (χ0) is 18.6. The molecule has 2 aromatic rings. The highest BCUT2D eigenvalue weighted by atomic mass is 15.3. The second kappa shape index (κ2) is 8.25. The van der Waals surface area contributed by atoms with Gasteiger partial charge in [-0.3, -0.25) is 0 Å². The van der Waals surface area contributed by atoms with Crippen LogP contribution in [0, 0.1) is 6.92 Å². The molecule has 0 spiro atoms. The minimum absolute atomic E-state index is 0.544. The van der Waals surface area contributed by atoms with E-state index in [1.165, 1.54) is 12.8 Å². The van der Waals surface area contributed by atoms with Crippen LogP contribution in [0.5, 0.6) is 0 Å². The molecule has 0 aliphatic carbocycles. The molecule has 2 saturated heterocycles. The highest BCUT2D eigenvalue weighted by molar-refractivity contribution is 5.47. The third-order valence-corrected chi connectivity index (χ3v) is 5.82. The van der Waals surface area contributed by atoms with Crippen molar-refractivity contribution in [3.63, 3.8) is 0 Å². The molecule has 4 rings (SSSR count). The molecule has 0 saturated carbocycles. The van der Waals surface area contributed by atoms with Gasteiger partial charge in [-0.25, -0.2) is 9.97 Å². The van der Waals surface area contributed by atoms with Gasteiger partial charge in [-0.1, -0.05) is 6.92 Å². The van der Waals surface area contributed by atoms with Crippen molar-refractivity contribution in [2.24, 2.45) is 0 Å². The van der Waals surface area contributed by atoms with Crippen molar-refractivity contribution >= 4 is 11.8 Å². The average Bonchev–Trinajstić information content (AvgIpc) is 3.38. The first-order valence-corrected chi connectivity index (χ1v) is 10.3. The number of imidazole rings is 1. The standard InChI is InChI=1S/C20H31N7/c1-3-16-12-19(25-20(24-16)27-8-4-5-9-27)26-10-6-17(7-11-26)21-13-18-15(2)22-14-23-18/h12,14,17,21H,3-11,13H2,1-2H3,(H,22,23). The second-order valence-corrected chi connectivity index (χ2v) is 7.68. The van der Waals surface area contributed by atoms with Crippen LogP contribution in [0.25, 0.3) is 0 Å². The first-order chi connectivity index (χ1) is 13.2. The minimum atomic E-state index is 0.544. The molecule has 0 unspecified atom stereocenters. The first-order valence-electron chi connectivity index (χ1n) is 10.3. The Labute approximate surface area is 161 Å². The minimum Gasteiger partial charge on any atom is -0.356 e. The summed E-state index contributed by atoms with van der Waals surface area (Å²) in [5, 5.41) is 3.67. The number of aryl methyl sites for hydroxylation is 2. The zero-order valence-electron chi connectivity index (χ0n) is 16.5. The van der Waals surface area contributed by atoms with Crippen LogP contribution in [-0.2, 0) is 13.0 Å². The van der Waals surface area contributed by atoms with Crippen LogP contribution >= 0.6 is 0 Å². The van der Waals surface area contributed by atoms with Gasteiger partial charge in [-0.05, 0) is 39.0 Å². The predicted octanol–water partition coefficient (Wildman–Crippen LogP) is 2.43. The Bertz CT molecular complexity index is 743. The van der Waals surface area contributed by atoms with Gasteiger partial charge in [-0.2, -0.15) is 4.98 Å². The van der Waals surface area contributed by atoms with E-state index in [0.29, 0.717) is 6.04 Å². The summed E-state index contributed by atoms with van der Waals surface area (Å²) in [5.41, 5.74) is 3.43. The van der Waals surface area contributed by atoms with Crippen molar-refractivity contribution in [3.05, 3.63) is 29.5 Å². The summed E-state index contributed by atoms with van der Waals surface area (Å²) >= 11 is 0. The Hall–Kier alpha value is -2.15. The Balaban J connectivity index is 1.37. The molecule has 2 N–H and O–H groups in total. The molecule has 7 nitrogen and oxygen atoms in total. The van der Waals surface area contributed by atoms with E-state index in [9.17, 15) is 0 Å². The largest absolute Gasteiger partial charge is 0.356 e. The number of nitrogens with one attached hydrogen (secondary N) is 2. The van der Waals surface area contributed by atoms with Crippen LogP contribution < -0.4 is 15.1 Å². The van der Waals surface area contributed by atoms with Crippen molar-refractivity contribution < 1.29 is 0 Å². The van der Waals surface area contributed by atoms with Crippen molar-refractivity contribution in [1.29, 1.82) is 0 Å². The van der Waals surface area contributed by atoms with E-state index in [1.54, 1.807) is 6.33 Å². The molecular weight excluding hydrogens is 338 g/mol. The first kappa shape index (κ1) is 18.2. The number of rotatable bonds is 6. The smallest absolute Gasteiger partial charge is 0.227 e. The van der Waals surface area contributed by atoms with E-state index < -0.39 is 0 Å². The topological polar surface area (TPSA) is 73.0 Å². The van der Waals surface area contributed by atoms with E-state index >= 15 is 0 Å². The van der Waals surface area contributed by atoms with Gasteiger partial charge in [0.05, 0.1) is 12.0 Å². The molecule has 2 aliphatic heterocycles. The second-order valence-electron chi connectivity index (χ2n) is 7.68. The van der Waals surface area contributed by atoms with Crippen LogP contribution in [0.4, 0.5) is 11.8 Å². The summed E-state index contributed by atoms with van der Waals surface area (Å²) in [6, 6.07) is 2.73. The number of H-pyrrole nitrogens is 1. The molecule has 146 valence electrons. The van der Waals surface area contributed by atoms with Gasteiger partial charge in [-0.15, -0.1) is 0 Å². The van der Waals surface area contributed by atoms with Crippen molar-refractivity contribution in [3.8, 4) is 0 Å². The molecule has 0 bridgehead atoms. The molecule has 0 radical (unpaired) electrons. The monoisotopic (exact) mass is 369 g/mol. The summed E-state index contributed by atoms with van der Waals surface area (Å²) in [6.45, 7) is 9.34. The van der Waals surface area contributed by atoms with E-state index in [4.69, 9.17) is 9.97 Å². The average molecular weight is 370 g/mol. The lowest BCUT2D eigenvalue weighted by molar-refractivity contribution is 0.410. The van der Waals surface area contributed by atoms with Gasteiger partial charge in [0.1, 0.15) is 5.82 Å². The number of hydrogen-bond acceptors (Lipinski definition) is 6. The lowest BCUT2D eigenvalue weighted by Gasteiger charge is -2.33. The molecular formula is C20H31N7. The highest BCUT2D eigenvalue weighted by Crippen LogP contribution is 2.24. The van der Waals surface area contributed by atoms with Crippen LogP contribution in [0.2, 0.25) is 0 Å².